The first-order valence-corrected chi connectivity index (χ1v) is 13.9. The number of para-hydroxylation sites is 2. The lowest BCUT2D eigenvalue weighted by atomic mass is 9.80. The van der Waals surface area contributed by atoms with Crippen LogP contribution in [0.1, 0.15) is 31.9 Å². The van der Waals surface area contributed by atoms with Crippen LogP contribution in [0, 0.1) is 12.7 Å². The summed E-state index contributed by atoms with van der Waals surface area (Å²) in [4.78, 5) is 0. The number of benzene rings is 5. The molecule has 5 aromatic carbocycles. The lowest BCUT2D eigenvalue weighted by Gasteiger charge is -2.24. The van der Waals surface area contributed by atoms with Crippen molar-refractivity contribution in [3.8, 4) is 16.9 Å². The van der Waals surface area contributed by atoms with E-state index in [1.807, 2.05) is 30.3 Å². The molecule has 2 heterocycles. The molecule has 0 aliphatic rings. The Bertz CT molecular complexity index is 2130. The van der Waals surface area contributed by atoms with Crippen molar-refractivity contribution in [1.29, 1.82) is 0 Å². The summed E-state index contributed by atoms with van der Waals surface area (Å²) in [7, 11) is 2.15. The molecule has 0 saturated heterocycles. The molecule has 0 atom stereocenters. The van der Waals surface area contributed by atoms with Crippen LogP contribution >= 0.6 is 0 Å². The average Bonchev–Trinajstić information content (AvgIpc) is 3.29. The molecule has 7 rings (SSSR count). The highest BCUT2D eigenvalue weighted by molar-refractivity contribution is 6.10. The monoisotopic (exact) mass is 523 g/mol. The van der Waals surface area contributed by atoms with Gasteiger partial charge in [0.25, 0.3) is 0 Å². The van der Waals surface area contributed by atoms with E-state index < -0.39 is 0 Å². The Balaban J connectivity index is 1.65. The minimum absolute atomic E-state index is 0.0232. The highest BCUT2D eigenvalue weighted by atomic mass is 19.1. The summed E-state index contributed by atoms with van der Waals surface area (Å²) in [5.74, 6) is -0.196. The quantitative estimate of drug-likeness (QED) is 0.200. The molecule has 0 aliphatic heterocycles. The lowest BCUT2D eigenvalue weighted by Crippen LogP contribution is -2.33. The minimum atomic E-state index is -0.196. The van der Waals surface area contributed by atoms with Gasteiger partial charge in [-0.3, -0.25) is 0 Å². The number of rotatable bonds is 2. The molecular formula is C37H32FN2+. The maximum Gasteiger partial charge on any atom is 0.215 e. The summed E-state index contributed by atoms with van der Waals surface area (Å²) in [5, 5.41) is 5.28. The van der Waals surface area contributed by atoms with Crippen LogP contribution in [-0.4, -0.2) is 4.57 Å². The molecule has 0 N–H and O–H groups in total. The number of pyridine rings is 1. The van der Waals surface area contributed by atoms with E-state index in [9.17, 15) is 0 Å². The number of aromatic nitrogens is 2. The Hall–Kier alpha value is -4.50. The van der Waals surface area contributed by atoms with E-state index in [-0.39, 0.29) is 11.2 Å². The van der Waals surface area contributed by atoms with Gasteiger partial charge in [-0.05, 0) is 64.6 Å². The van der Waals surface area contributed by atoms with Gasteiger partial charge in [0.1, 0.15) is 12.9 Å². The largest absolute Gasteiger partial charge is 0.308 e. The lowest BCUT2D eigenvalue weighted by molar-refractivity contribution is -0.633. The van der Waals surface area contributed by atoms with E-state index in [1.165, 1.54) is 27.5 Å². The molecule has 2 aromatic heterocycles. The van der Waals surface area contributed by atoms with Crippen LogP contribution in [0.25, 0.3) is 60.4 Å². The van der Waals surface area contributed by atoms with E-state index in [2.05, 4.69) is 111 Å². The molecule has 0 spiro atoms. The summed E-state index contributed by atoms with van der Waals surface area (Å²) < 4.78 is 19.8. The van der Waals surface area contributed by atoms with Crippen LogP contribution in [0.15, 0.2) is 103 Å². The molecule has 40 heavy (non-hydrogen) atoms. The van der Waals surface area contributed by atoms with Crippen LogP contribution < -0.4 is 4.57 Å². The van der Waals surface area contributed by atoms with Gasteiger partial charge < -0.3 is 4.57 Å². The second-order valence-corrected chi connectivity index (χ2v) is 11.9. The highest BCUT2D eigenvalue weighted by Crippen LogP contribution is 2.40. The Morgan fingerprint density at radius 3 is 2.05 bits per heavy atom. The number of halogens is 1. The summed E-state index contributed by atoms with van der Waals surface area (Å²) in [6, 6.07) is 35.5. The summed E-state index contributed by atoms with van der Waals surface area (Å²) in [6.45, 7) is 9.08. The average molecular weight is 524 g/mol. The SMILES string of the molecule is Cc1c(-c2cc(-n3c4ccccc4c4c(F)cccc43)c3ccccc3[n+]2C)cc(C(C)(C)C)c2ccccc12. The van der Waals surface area contributed by atoms with Crippen LogP contribution in [0.5, 0.6) is 0 Å². The van der Waals surface area contributed by atoms with Gasteiger partial charge in [-0.1, -0.05) is 81.4 Å². The normalized spacial score (nSPS) is 12.2. The van der Waals surface area contributed by atoms with Crippen molar-refractivity contribution in [3.05, 3.63) is 120 Å². The minimum Gasteiger partial charge on any atom is -0.308 e. The zero-order chi connectivity index (χ0) is 27.8. The molecule has 0 unspecified atom stereocenters. The van der Waals surface area contributed by atoms with Gasteiger partial charge in [0.15, 0.2) is 0 Å². The maximum atomic E-state index is 15.3. The van der Waals surface area contributed by atoms with E-state index >= 15 is 4.39 Å². The zero-order valence-corrected chi connectivity index (χ0v) is 23.6. The van der Waals surface area contributed by atoms with Crippen molar-refractivity contribution in [2.24, 2.45) is 7.05 Å². The molecule has 7 aromatic rings. The van der Waals surface area contributed by atoms with Gasteiger partial charge in [0.05, 0.1) is 27.7 Å². The van der Waals surface area contributed by atoms with E-state index in [4.69, 9.17) is 0 Å². The molecule has 196 valence electrons. The number of nitrogens with zero attached hydrogens (tertiary/aromatic N) is 2. The Kier molecular flexibility index (Phi) is 5.37. The smallest absolute Gasteiger partial charge is 0.215 e. The molecule has 0 amide bonds. The fraction of sp³-hybridized carbons (Fsp3) is 0.162. The van der Waals surface area contributed by atoms with Crippen molar-refractivity contribution in [2.75, 3.05) is 0 Å². The van der Waals surface area contributed by atoms with Crippen LogP contribution in [0.4, 0.5) is 4.39 Å². The summed E-state index contributed by atoms with van der Waals surface area (Å²) in [5.41, 5.74) is 8.95. The fourth-order valence-corrected chi connectivity index (χ4v) is 6.50. The first-order chi connectivity index (χ1) is 19.3. The number of aryl methyl sites for hydroxylation is 2. The predicted octanol–water partition coefficient (Wildman–Crippen LogP) is 9.33. The van der Waals surface area contributed by atoms with Crippen molar-refractivity contribution < 1.29 is 8.96 Å². The van der Waals surface area contributed by atoms with Gasteiger partial charge >= 0.3 is 0 Å². The molecular weight excluding hydrogens is 491 g/mol. The Labute approximate surface area is 233 Å². The fourth-order valence-electron chi connectivity index (χ4n) is 6.50. The zero-order valence-electron chi connectivity index (χ0n) is 23.6. The Morgan fingerprint density at radius 2 is 1.30 bits per heavy atom. The van der Waals surface area contributed by atoms with Crippen molar-refractivity contribution in [1.82, 2.24) is 4.57 Å². The van der Waals surface area contributed by atoms with E-state index in [0.29, 0.717) is 5.39 Å². The van der Waals surface area contributed by atoms with Gasteiger partial charge in [-0.15, -0.1) is 0 Å². The second-order valence-electron chi connectivity index (χ2n) is 11.9. The number of hydrogen-bond donors (Lipinski definition) is 0. The first-order valence-electron chi connectivity index (χ1n) is 13.9. The van der Waals surface area contributed by atoms with Crippen molar-refractivity contribution in [3.63, 3.8) is 0 Å². The summed E-state index contributed by atoms with van der Waals surface area (Å²) >= 11 is 0. The standard InChI is InChI=1S/C37H32FN2/c1-23-24-13-6-7-14-25(24)29(37(2,3)4)21-28(23)34-22-35(26-15-8-10-18-31(26)39(34)5)40-32-19-11-9-16-27(32)36-30(38)17-12-20-33(36)40/h6-22H,1-5H3/q+1. The predicted molar refractivity (Wildman–Crippen MR) is 166 cm³/mol. The van der Waals surface area contributed by atoms with Crippen molar-refractivity contribution in [2.45, 2.75) is 33.1 Å². The number of hydrogen-bond acceptors (Lipinski definition) is 0. The van der Waals surface area contributed by atoms with E-state index in [0.717, 1.165) is 38.7 Å². The van der Waals surface area contributed by atoms with Crippen molar-refractivity contribution >= 4 is 43.5 Å². The van der Waals surface area contributed by atoms with Crippen LogP contribution in [0.3, 0.4) is 0 Å². The third kappa shape index (κ3) is 3.50. The highest BCUT2D eigenvalue weighted by Gasteiger charge is 2.26. The molecule has 0 aliphatic carbocycles. The maximum absolute atomic E-state index is 15.3. The third-order valence-electron chi connectivity index (χ3n) is 8.46. The van der Waals surface area contributed by atoms with Crippen LogP contribution in [0.2, 0.25) is 0 Å². The summed E-state index contributed by atoms with van der Waals surface area (Å²) in [6.07, 6.45) is 0. The topological polar surface area (TPSA) is 8.81 Å². The third-order valence-corrected chi connectivity index (χ3v) is 8.46. The molecule has 2 nitrogen and oxygen atoms in total. The molecule has 0 radical (unpaired) electrons. The van der Waals surface area contributed by atoms with Gasteiger partial charge in [-0.2, -0.15) is 4.57 Å². The molecule has 0 saturated carbocycles. The van der Waals surface area contributed by atoms with Gasteiger partial charge in [-0.25, -0.2) is 4.39 Å². The Morgan fingerprint density at radius 1 is 0.675 bits per heavy atom. The molecule has 0 bridgehead atoms. The first kappa shape index (κ1) is 24.5. The van der Waals surface area contributed by atoms with E-state index in [1.54, 1.807) is 6.07 Å². The molecule has 0 fully saturated rings. The number of fused-ring (bicyclic) bond motifs is 5. The van der Waals surface area contributed by atoms with Gasteiger partial charge in [0, 0.05) is 22.9 Å². The second kappa shape index (κ2) is 8.76. The van der Waals surface area contributed by atoms with Crippen LogP contribution in [-0.2, 0) is 12.5 Å². The molecule has 3 heteroatoms. The van der Waals surface area contributed by atoms with Gasteiger partial charge in [0.2, 0.25) is 11.2 Å².